The summed E-state index contributed by atoms with van der Waals surface area (Å²) in [6.45, 7) is 2.93. The molecule has 0 radical (unpaired) electrons. The molecule has 3 heteroatoms. The van der Waals surface area contributed by atoms with Crippen molar-refractivity contribution in [2.45, 2.75) is 51.1 Å². The maximum atomic E-state index is 9.39. The highest BCUT2D eigenvalue weighted by molar-refractivity contribution is 5.55. The van der Waals surface area contributed by atoms with E-state index in [9.17, 15) is 5.11 Å². The zero-order valence-electron chi connectivity index (χ0n) is 11.9. The van der Waals surface area contributed by atoms with Gasteiger partial charge in [-0.25, -0.2) is 0 Å². The molecular formula is C16H26N2O. The lowest BCUT2D eigenvalue weighted by Crippen LogP contribution is -2.39. The molecule has 1 saturated carbocycles. The standard InChI is InChI=1S/C16H26N2O/c1-13(17)15-9-5-6-10-16(15)18(11-12-19)14-7-3-2-4-8-14/h5-6,9-10,13-14,19H,2-4,7-8,11-12,17H2,1H3/t13-/m0/s1. The SMILES string of the molecule is C[C@H](N)c1ccccc1N(CCO)C1CCCCC1. The number of nitrogens with zero attached hydrogens (tertiary/aromatic N) is 1. The first-order valence-electron chi connectivity index (χ1n) is 7.46. The van der Waals surface area contributed by atoms with Crippen molar-refractivity contribution in [3.8, 4) is 0 Å². The van der Waals surface area contributed by atoms with Crippen LogP contribution in [0, 0.1) is 0 Å². The Kier molecular flexibility index (Phi) is 5.23. The van der Waals surface area contributed by atoms with Crippen molar-refractivity contribution >= 4 is 5.69 Å². The lowest BCUT2D eigenvalue weighted by molar-refractivity contribution is 0.290. The van der Waals surface area contributed by atoms with Gasteiger partial charge in [-0.3, -0.25) is 0 Å². The second-order valence-electron chi connectivity index (χ2n) is 5.56. The van der Waals surface area contributed by atoms with Crippen molar-refractivity contribution < 1.29 is 5.11 Å². The molecule has 1 aromatic carbocycles. The Morgan fingerprint density at radius 2 is 1.95 bits per heavy atom. The Bertz CT molecular complexity index is 386. The summed E-state index contributed by atoms with van der Waals surface area (Å²) in [6.07, 6.45) is 6.40. The molecule has 0 bridgehead atoms. The average molecular weight is 262 g/mol. The lowest BCUT2D eigenvalue weighted by atomic mass is 9.93. The second-order valence-corrected chi connectivity index (χ2v) is 5.56. The van der Waals surface area contributed by atoms with Crippen LogP contribution in [0.1, 0.15) is 50.6 Å². The van der Waals surface area contributed by atoms with Crippen molar-refractivity contribution in [1.82, 2.24) is 0 Å². The van der Waals surface area contributed by atoms with Crippen molar-refractivity contribution in [3.05, 3.63) is 29.8 Å². The maximum absolute atomic E-state index is 9.39. The number of aliphatic hydroxyl groups is 1. The van der Waals surface area contributed by atoms with Crippen LogP contribution in [-0.2, 0) is 0 Å². The molecule has 0 aromatic heterocycles. The topological polar surface area (TPSA) is 49.5 Å². The molecule has 0 amide bonds. The molecule has 2 rings (SSSR count). The third kappa shape index (κ3) is 3.48. The van der Waals surface area contributed by atoms with Crippen LogP contribution in [-0.4, -0.2) is 24.3 Å². The number of para-hydroxylation sites is 1. The molecule has 3 nitrogen and oxygen atoms in total. The highest BCUT2D eigenvalue weighted by atomic mass is 16.3. The van der Waals surface area contributed by atoms with Gasteiger partial charge in [0.05, 0.1) is 6.61 Å². The van der Waals surface area contributed by atoms with Crippen LogP contribution in [0.5, 0.6) is 0 Å². The number of benzene rings is 1. The summed E-state index contributed by atoms with van der Waals surface area (Å²) in [5.74, 6) is 0. The Morgan fingerprint density at radius 1 is 1.26 bits per heavy atom. The molecule has 0 spiro atoms. The van der Waals surface area contributed by atoms with Crippen LogP contribution in [0.4, 0.5) is 5.69 Å². The van der Waals surface area contributed by atoms with Crippen LogP contribution in [0.2, 0.25) is 0 Å². The summed E-state index contributed by atoms with van der Waals surface area (Å²) in [6, 6.07) is 8.94. The van der Waals surface area contributed by atoms with Crippen LogP contribution in [0.15, 0.2) is 24.3 Å². The highest BCUT2D eigenvalue weighted by Crippen LogP contribution is 2.31. The zero-order chi connectivity index (χ0) is 13.7. The van der Waals surface area contributed by atoms with E-state index < -0.39 is 0 Å². The van der Waals surface area contributed by atoms with E-state index in [1.165, 1.54) is 43.4 Å². The first-order chi connectivity index (χ1) is 9.24. The molecule has 0 saturated heterocycles. The van der Waals surface area contributed by atoms with Crippen molar-refractivity contribution in [1.29, 1.82) is 0 Å². The van der Waals surface area contributed by atoms with Gasteiger partial charge < -0.3 is 15.7 Å². The minimum absolute atomic E-state index is 0.0287. The van der Waals surface area contributed by atoms with E-state index >= 15 is 0 Å². The van der Waals surface area contributed by atoms with Crippen LogP contribution < -0.4 is 10.6 Å². The predicted octanol–water partition coefficient (Wildman–Crippen LogP) is 2.84. The average Bonchev–Trinajstić information content (AvgIpc) is 2.45. The van der Waals surface area contributed by atoms with Gasteiger partial charge in [-0.15, -0.1) is 0 Å². The van der Waals surface area contributed by atoms with Gasteiger partial charge in [-0.1, -0.05) is 37.5 Å². The van der Waals surface area contributed by atoms with E-state index in [4.69, 9.17) is 5.73 Å². The van der Waals surface area contributed by atoms with E-state index in [0.717, 1.165) is 0 Å². The largest absolute Gasteiger partial charge is 0.395 e. The third-order valence-corrected chi connectivity index (χ3v) is 4.09. The normalized spacial score (nSPS) is 18.3. The number of nitrogens with two attached hydrogens (primary N) is 1. The summed E-state index contributed by atoms with van der Waals surface area (Å²) in [5.41, 5.74) is 8.48. The second kappa shape index (κ2) is 6.92. The fourth-order valence-electron chi connectivity index (χ4n) is 3.13. The Hall–Kier alpha value is -1.06. The minimum atomic E-state index is 0.0287. The number of aliphatic hydroxyl groups excluding tert-OH is 1. The van der Waals surface area contributed by atoms with Gasteiger partial charge in [-0.05, 0) is 31.4 Å². The van der Waals surface area contributed by atoms with Gasteiger partial charge in [0.1, 0.15) is 0 Å². The van der Waals surface area contributed by atoms with Crippen LogP contribution >= 0.6 is 0 Å². The molecule has 106 valence electrons. The maximum Gasteiger partial charge on any atom is 0.0606 e. The Morgan fingerprint density at radius 3 is 2.58 bits per heavy atom. The molecule has 3 N–H and O–H groups in total. The first kappa shape index (κ1) is 14.4. The predicted molar refractivity (Wildman–Crippen MR) is 80.3 cm³/mol. The smallest absolute Gasteiger partial charge is 0.0606 e. The van der Waals surface area contributed by atoms with Gasteiger partial charge in [0.2, 0.25) is 0 Å². The highest BCUT2D eigenvalue weighted by Gasteiger charge is 2.23. The van der Waals surface area contributed by atoms with E-state index in [1.54, 1.807) is 0 Å². The molecule has 1 aromatic rings. The molecule has 1 fully saturated rings. The van der Waals surface area contributed by atoms with Gasteiger partial charge in [0, 0.05) is 24.3 Å². The third-order valence-electron chi connectivity index (χ3n) is 4.09. The Balaban J connectivity index is 2.27. The summed E-state index contributed by atoms with van der Waals surface area (Å²) in [5, 5.41) is 9.39. The lowest BCUT2D eigenvalue weighted by Gasteiger charge is -2.37. The monoisotopic (exact) mass is 262 g/mol. The summed E-state index contributed by atoms with van der Waals surface area (Å²) in [7, 11) is 0. The van der Waals surface area contributed by atoms with Gasteiger partial charge >= 0.3 is 0 Å². The quantitative estimate of drug-likeness (QED) is 0.858. The summed E-state index contributed by atoms with van der Waals surface area (Å²) in [4.78, 5) is 2.37. The summed E-state index contributed by atoms with van der Waals surface area (Å²) >= 11 is 0. The van der Waals surface area contributed by atoms with Gasteiger partial charge in [-0.2, -0.15) is 0 Å². The van der Waals surface area contributed by atoms with Gasteiger partial charge in [0.25, 0.3) is 0 Å². The van der Waals surface area contributed by atoms with Crippen molar-refractivity contribution in [2.75, 3.05) is 18.1 Å². The number of hydrogen-bond donors (Lipinski definition) is 2. The number of anilines is 1. The zero-order valence-corrected chi connectivity index (χ0v) is 11.9. The molecule has 0 aliphatic heterocycles. The number of rotatable bonds is 5. The van der Waals surface area contributed by atoms with Crippen LogP contribution in [0.3, 0.4) is 0 Å². The number of hydrogen-bond acceptors (Lipinski definition) is 3. The molecule has 0 unspecified atom stereocenters. The molecule has 1 aliphatic rings. The van der Waals surface area contributed by atoms with E-state index in [-0.39, 0.29) is 12.6 Å². The van der Waals surface area contributed by atoms with E-state index in [2.05, 4.69) is 23.1 Å². The van der Waals surface area contributed by atoms with Crippen molar-refractivity contribution in [2.24, 2.45) is 5.73 Å². The molecule has 1 atom stereocenters. The molecule has 0 heterocycles. The molecule has 1 aliphatic carbocycles. The fourth-order valence-corrected chi connectivity index (χ4v) is 3.13. The van der Waals surface area contributed by atoms with Crippen LogP contribution in [0.25, 0.3) is 0 Å². The summed E-state index contributed by atoms with van der Waals surface area (Å²) < 4.78 is 0. The molecular weight excluding hydrogens is 236 g/mol. The van der Waals surface area contributed by atoms with E-state index in [0.29, 0.717) is 12.6 Å². The van der Waals surface area contributed by atoms with E-state index in [1.807, 2.05) is 13.0 Å². The fraction of sp³-hybridized carbons (Fsp3) is 0.625. The first-order valence-corrected chi connectivity index (χ1v) is 7.46. The molecule has 19 heavy (non-hydrogen) atoms. The van der Waals surface area contributed by atoms with Crippen molar-refractivity contribution in [3.63, 3.8) is 0 Å². The minimum Gasteiger partial charge on any atom is -0.395 e. The Labute approximate surface area is 116 Å². The van der Waals surface area contributed by atoms with Gasteiger partial charge in [0.15, 0.2) is 0 Å².